The number of methoxy groups -OCH3 is 1. The number of rotatable bonds is 4. The van der Waals surface area contributed by atoms with E-state index in [4.69, 9.17) is 10.5 Å². The van der Waals surface area contributed by atoms with Crippen LogP contribution in [0.5, 0.6) is 5.75 Å². The molecule has 0 radical (unpaired) electrons. The number of aromatic carboxylic acids is 1. The molecule has 2 aromatic heterocycles. The fourth-order valence-corrected chi connectivity index (χ4v) is 3.35. The maximum absolute atomic E-state index is 15.0. The van der Waals surface area contributed by atoms with E-state index in [1.54, 1.807) is 0 Å². The lowest BCUT2D eigenvalue weighted by Gasteiger charge is -2.20. The van der Waals surface area contributed by atoms with Crippen molar-refractivity contribution in [3.8, 4) is 11.4 Å². The number of carbonyl (C=O) groups is 1. The summed E-state index contributed by atoms with van der Waals surface area (Å²) < 4.78 is 52.2. The summed E-state index contributed by atoms with van der Waals surface area (Å²) in [5.74, 6) is -6.51. The Balaban J connectivity index is 2.28. The van der Waals surface area contributed by atoms with E-state index in [1.165, 1.54) is 18.5 Å². The molecule has 28 heavy (non-hydrogen) atoms. The molecule has 0 unspecified atom stereocenters. The SMILES string of the molecule is COc1c(-n2ccc(N)c2)c(F)c(F)c2c(=O)c(C(=O)O)c(F)n(C3CC3)c12. The minimum absolute atomic E-state index is 0.258. The zero-order chi connectivity index (χ0) is 20.3. The first-order chi connectivity index (χ1) is 13.3. The van der Waals surface area contributed by atoms with Gasteiger partial charge in [-0.05, 0) is 18.9 Å². The van der Waals surface area contributed by atoms with Crippen LogP contribution in [-0.4, -0.2) is 27.3 Å². The van der Waals surface area contributed by atoms with Crippen molar-refractivity contribution in [1.82, 2.24) is 9.13 Å². The van der Waals surface area contributed by atoms with Gasteiger partial charge in [-0.2, -0.15) is 4.39 Å². The largest absolute Gasteiger partial charge is 0.492 e. The number of nitrogen functional groups attached to an aromatic ring is 1. The number of halogens is 3. The number of fused-ring (bicyclic) bond motifs is 1. The average Bonchev–Trinajstić information content (AvgIpc) is 3.37. The van der Waals surface area contributed by atoms with E-state index >= 15 is 0 Å². The van der Waals surface area contributed by atoms with Gasteiger partial charge in [0.15, 0.2) is 22.9 Å². The van der Waals surface area contributed by atoms with Gasteiger partial charge in [0.05, 0.1) is 12.5 Å². The third-order valence-corrected chi connectivity index (χ3v) is 4.70. The van der Waals surface area contributed by atoms with Crippen molar-refractivity contribution in [2.75, 3.05) is 12.8 Å². The Hall–Kier alpha value is -3.43. The Morgan fingerprint density at radius 2 is 1.96 bits per heavy atom. The normalized spacial score (nSPS) is 13.9. The zero-order valence-corrected chi connectivity index (χ0v) is 14.5. The molecule has 0 saturated heterocycles. The first kappa shape index (κ1) is 18.0. The van der Waals surface area contributed by atoms with Crippen LogP contribution >= 0.6 is 0 Å². The Bertz CT molecular complexity index is 1210. The molecule has 1 saturated carbocycles. The van der Waals surface area contributed by atoms with Crippen molar-refractivity contribution < 1.29 is 27.8 Å². The topological polar surface area (TPSA) is 99.5 Å². The highest BCUT2D eigenvalue weighted by Crippen LogP contribution is 2.43. The number of hydrogen-bond donors (Lipinski definition) is 2. The number of benzene rings is 1. The molecule has 1 fully saturated rings. The molecular formula is C18H14F3N3O4. The number of carboxylic acid groups (broad SMARTS) is 1. The lowest BCUT2D eigenvalue weighted by atomic mass is 10.1. The molecule has 0 bridgehead atoms. The summed E-state index contributed by atoms with van der Waals surface area (Å²) in [6.07, 6.45) is 3.63. The van der Waals surface area contributed by atoms with Crippen LogP contribution in [0, 0.1) is 17.6 Å². The molecule has 3 aromatic rings. The van der Waals surface area contributed by atoms with Crippen LogP contribution in [0.3, 0.4) is 0 Å². The summed E-state index contributed by atoms with van der Waals surface area (Å²) in [4.78, 5) is 24.0. The molecule has 1 aliphatic carbocycles. The number of anilines is 1. The first-order valence-corrected chi connectivity index (χ1v) is 8.27. The van der Waals surface area contributed by atoms with E-state index < -0.39 is 51.7 Å². The maximum atomic E-state index is 15.0. The number of aromatic nitrogens is 2. The fourth-order valence-electron chi connectivity index (χ4n) is 3.35. The molecule has 0 amide bonds. The van der Waals surface area contributed by atoms with Gasteiger partial charge in [-0.15, -0.1) is 0 Å². The first-order valence-electron chi connectivity index (χ1n) is 8.27. The van der Waals surface area contributed by atoms with Gasteiger partial charge in [-0.1, -0.05) is 0 Å². The average molecular weight is 393 g/mol. The van der Waals surface area contributed by atoms with Crippen molar-refractivity contribution in [2.24, 2.45) is 0 Å². The highest BCUT2D eigenvalue weighted by molar-refractivity contribution is 5.96. The standard InChI is InChI=1S/C18H14F3N3O4/c1-28-16-13-9(11(19)12(20)14(16)23-5-4-7(22)6-23)15(25)10(18(26)27)17(21)24(13)8-2-3-8/h4-6,8H,2-3,22H2,1H3,(H,26,27). The van der Waals surface area contributed by atoms with Crippen molar-refractivity contribution in [2.45, 2.75) is 18.9 Å². The van der Waals surface area contributed by atoms with Crippen molar-refractivity contribution in [1.29, 1.82) is 0 Å². The molecule has 0 aliphatic heterocycles. The number of pyridine rings is 1. The molecule has 4 rings (SSSR count). The van der Waals surface area contributed by atoms with E-state index in [0.717, 1.165) is 16.2 Å². The molecule has 1 aliphatic rings. The lowest BCUT2D eigenvalue weighted by Crippen LogP contribution is -2.25. The maximum Gasteiger partial charge on any atom is 0.344 e. The minimum Gasteiger partial charge on any atom is -0.492 e. The van der Waals surface area contributed by atoms with Gasteiger partial charge in [0.2, 0.25) is 11.4 Å². The highest BCUT2D eigenvalue weighted by atomic mass is 19.2. The molecule has 0 atom stereocenters. The second-order valence-corrected chi connectivity index (χ2v) is 6.49. The molecule has 7 nitrogen and oxygen atoms in total. The monoisotopic (exact) mass is 393 g/mol. The number of carboxylic acids is 1. The minimum atomic E-state index is -1.86. The molecule has 0 spiro atoms. The molecule has 3 N–H and O–H groups in total. The second kappa shape index (κ2) is 6.04. The van der Waals surface area contributed by atoms with Gasteiger partial charge in [-0.3, -0.25) is 4.79 Å². The summed E-state index contributed by atoms with van der Waals surface area (Å²) in [5.41, 5.74) is 2.47. The molecule has 146 valence electrons. The Morgan fingerprint density at radius 1 is 1.29 bits per heavy atom. The Labute approximate surface area is 155 Å². The van der Waals surface area contributed by atoms with Gasteiger partial charge in [-0.25, -0.2) is 13.6 Å². The third kappa shape index (κ3) is 2.37. The van der Waals surface area contributed by atoms with E-state index in [0.29, 0.717) is 12.8 Å². The van der Waals surface area contributed by atoms with Crippen LogP contribution in [0.25, 0.3) is 16.6 Å². The lowest BCUT2D eigenvalue weighted by molar-refractivity contribution is 0.0688. The van der Waals surface area contributed by atoms with E-state index in [9.17, 15) is 27.9 Å². The quantitative estimate of drug-likeness (QED) is 0.664. The van der Waals surface area contributed by atoms with Crippen LogP contribution in [-0.2, 0) is 0 Å². The molecule has 2 heterocycles. The van der Waals surface area contributed by atoms with E-state index in [2.05, 4.69) is 0 Å². The van der Waals surface area contributed by atoms with Gasteiger partial charge in [0, 0.05) is 24.1 Å². The van der Waals surface area contributed by atoms with Crippen LogP contribution < -0.4 is 15.9 Å². The van der Waals surface area contributed by atoms with Crippen molar-refractivity contribution >= 4 is 22.6 Å². The summed E-state index contributed by atoms with van der Waals surface area (Å²) in [7, 11) is 1.16. The number of nitrogens with two attached hydrogens (primary N) is 1. The smallest absolute Gasteiger partial charge is 0.344 e. The predicted octanol–water partition coefficient (Wildman–Crippen LogP) is 2.83. The van der Waals surface area contributed by atoms with Crippen LogP contribution in [0.1, 0.15) is 29.2 Å². The van der Waals surface area contributed by atoms with Gasteiger partial charge in [0.25, 0.3) is 0 Å². The summed E-state index contributed by atoms with van der Waals surface area (Å²) in [6, 6.07) is 0.936. The number of hydrogen-bond acceptors (Lipinski definition) is 4. The number of ether oxygens (including phenoxy) is 1. The summed E-state index contributed by atoms with van der Waals surface area (Å²) in [5, 5.41) is 8.36. The number of nitrogens with zero attached hydrogens (tertiary/aromatic N) is 2. The Morgan fingerprint density at radius 3 is 2.46 bits per heavy atom. The molecule has 1 aromatic carbocycles. The van der Waals surface area contributed by atoms with Crippen LogP contribution in [0.4, 0.5) is 18.9 Å². The van der Waals surface area contributed by atoms with Crippen molar-refractivity contribution in [3.05, 3.63) is 51.8 Å². The summed E-state index contributed by atoms with van der Waals surface area (Å²) in [6.45, 7) is 0. The second-order valence-electron chi connectivity index (χ2n) is 6.49. The Kier molecular flexibility index (Phi) is 3.88. The molecular weight excluding hydrogens is 379 g/mol. The van der Waals surface area contributed by atoms with Gasteiger partial charge in [0.1, 0.15) is 11.2 Å². The zero-order valence-electron chi connectivity index (χ0n) is 14.5. The highest BCUT2D eigenvalue weighted by Gasteiger charge is 2.36. The summed E-state index contributed by atoms with van der Waals surface area (Å²) >= 11 is 0. The molecule has 10 heteroatoms. The third-order valence-electron chi connectivity index (χ3n) is 4.70. The van der Waals surface area contributed by atoms with E-state index in [-0.39, 0.29) is 17.0 Å². The van der Waals surface area contributed by atoms with Gasteiger partial charge < -0.3 is 24.7 Å². The van der Waals surface area contributed by atoms with E-state index in [1.807, 2.05) is 0 Å². The van der Waals surface area contributed by atoms with Crippen LogP contribution in [0.2, 0.25) is 0 Å². The van der Waals surface area contributed by atoms with Crippen LogP contribution in [0.15, 0.2) is 23.3 Å². The fraction of sp³-hybridized carbons (Fsp3) is 0.222. The van der Waals surface area contributed by atoms with Crippen molar-refractivity contribution in [3.63, 3.8) is 0 Å². The predicted molar refractivity (Wildman–Crippen MR) is 93.6 cm³/mol. The van der Waals surface area contributed by atoms with Gasteiger partial charge >= 0.3 is 5.97 Å².